The van der Waals surface area contributed by atoms with Crippen LogP contribution in [0.2, 0.25) is 0 Å². The van der Waals surface area contributed by atoms with Crippen LogP contribution < -0.4 is 42.6 Å². The first-order valence-electron chi connectivity index (χ1n) is 17.9. The number of hydrogen-bond donors (Lipinski definition) is 6. The molecule has 0 spiro atoms. The molecular formula is C41H47N7O7. The van der Waals surface area contributed by atoms with Gasteiger partial charge < -0.3 is 47.5 Å². The monoisotopic (exact) mass is 749 g/mol. The normalized spacial score (nSPS) is 16.9. The van der Waals surface area contributed by atoms with Gasteiger partial charge in [-0.2, -0.15) is 0 Å². The van der Waals surface area contributed by atoms with Crippen LogP contribution in [-0.4, -0.2) is 86.4 Å². The maximum absolute atomic E-state index is 14.1. The van der Waals surface area contributed by atoms with Crippen LogP contribution in [0.25, 0.3) is 22.3 Å². The van der Waals surface area contributed by atoms with Gasteiger partial charge in [0.15, 0.2) is 0 Å². The Bertz CT molecular complexity index is 2040. The molecular weight excluding hydrogens is 702 g/mol. The summed E-state index contributed by atoms with van der Waals surface area (Å²) in [5.74, 6) is -2.34. The molecule has 3 atom stereocenters. The number of nitrogens with zero attached hydrogens (tertiary/aromatic N) is 1. The molecule has 288 valence electrons. The predicted molar refractivity (Wildman–Crippen MR) is 208 cm³/mol. The highest BCUT2D eigenvalue weighted by Gasteiger charge is 2.33. The van der Waals surface area contributed by atoms with E-state index in [4.69, 9.17) is 26.7 Å². The number of benzene rings is 4. The fourth-order valence-corrected chi connectivity index (χ4v) is 6.18. The smallest absolute Gasteiger partial charge is 0.251 e. The maximum Gasteiger partial charge on any atom is 0.251 e. The molecule has 55 heavy (non-hydrogen) atoms. The van der Waals surface area contributed by atoms with E-state index in [2.05, 4.69) is 16.0 Å². The van der Waals surface area contributed by atoms with Gasteiger partial charge in [-0.05, 0) is 72.5 Å². The first-order valence-corrected chi connectivity index (χ1v) is 17.9. The lowest BCUT2D eigenvalue weighted by atomic mass is 9.93. The van der Waals surface area contributed by atoms with Gasteiger partial charge in [0.1, 0.15) is 42.8 Å². The van der Waals surface area contributed by atoms with Gasteiger partial charge in [-0.25, -0.2) is 0 Å². The zero-order chi connectivity index (χ0) is 39.6. The van der Waals surface area contributed by atoms with Crippen LogP contribution in [0.3, 0.4) is 0 Å². The predicted octanol–water partition coefficient (Wildman–Crippen LogP) is 1.96. The largest absolute Gasteiger partial charge is 0.492 e. The van der Waals surface area contributed by atoms with Crippen molar-refractivity contribution in [1.29, 1.82) is 0 Å². The highest BCUT2D eigenvalue weighted by molar-refractivity contribution is 5.98. The molecule has 5 rings (SSSR count). The Kier molecular flexibility index (Phi) is 13.2. The molecule has 0 fully saturated rings. The molecule has 14 heteroatoms. The summed E-state index contributed by atoms with van der Waals surface area (Å²) in [6, 6.07) is 21.8. The number of rotatable bonds is 12. The van der Waals surface area contributed by atoms with Crippen LogP contribution in [0.4, 0.5) is 0 Å². The summed E-state index contributed by atoms with van der Waals surface area (Å²) in [5, 5.41) is 7.96. The van der Waals surface area contributed by atoms with Crippen LogP contribution in [0.15, 0.2) is 84.9 Å². The van der Waals surface area contributed by atoms with Crippen LogP contribution in [-0.2, 0) is 25.6 Å². The highest BCUT2D eigenvalue weighted by Crippen LogP contribution is 2.40. The fraction of sp³-hybridized carbons (Fsp3) is 0.293. The van der Waals surface area contributed by atoms with Gasteiger partial charge in [-0.3, -0.25) is 24.0 Å². The molecule has 1 aliphatic heterocycles. The van der Waals surface area contributed by atoms with Crippen molar-refractivity contribution in [2.24, 2.45) is 17.2 Å². The number of fused-ring (bicyclic) bond motifs is 5. The lowest BCUT2D eigenvalue weighted by molar-refractivity contribution is -0.139. The first-order chi connectivity index (χ1) is 26.4. The van der Waals surface area contributed by atoms with E-state index >= 15 is 0 Å². The van der Waals surface area contributed by atoms with Gasteiger partial charge in [0.2, 0.25) is 23.6 Å². The first kappa shape index (κ1) is 39.9. The average molecular weight is 750 g/mol. The topological polar surface area (TPSA) is 221 Å². The number of nitrogens with one attached hydrogen (secondary N) is 3. The summed E-state index contributed by atoms with van der Waals surface area (Å²) >= 11 is 0. The summed E-state index contributed by atoms with van der Waals surface area (Å²) in [6.45, 7) is 3.85. The second-order valence-corrected chi connectivity index (χ2v) is 13.3. The molecule has 0 aromatic heterocycles. The molecule has 0 radical (unpaired) electrons. The third-order valence-electron chi connectivity index (χ3n) is 9.22. The minimum Gasteiger partial charge on any atom is -0.492 e. The zero-order valence-electron chi connectivity index (χ0n) is 31.1. The SMILES string of the molecule is Cc1ccc(-c2ccc(C(=O)NCC(=O)N(C)C3C(=O)N[C@@H](C)C(=O)NC(C(N)=O)Cc4ccc(OCCN)c(c4)-c4cc3ccc4OCCN)cc2)cc1. The van der Waals surface area contributed by atoms with E-state index in [-0.39, 0.29) is 32.7 Å². The number of likely N-dealkylation sites (N-methyl/N-ethyl adjacent to an activating group) is 1. The molecule has 9 N–H and O–H groups in total. The number of carbonyl (C=O) groups is 5. The molecule has 4 bridgehead atoms. The van der Waals surface area contributed by atoms with Crippen LogP contribution in [0, 0.1) is 6.92 Å². The number of nitrogens with two attached hydrogens (primary N) is 3. The molecule has 1 heterocycles. The Labute approximate surface area is 319 Å². The second kappa shape index (κ2) is 18.2. The third kappa shape index (κ3) is 9.85. The molecule has 0 saturated heterocycles. The number of primary amides is 1. The van der Waals surface area contributed by atoms with Crippen LogP contribution in [0.5, 0.6) is 11.5 Å². The van der Waals surface area contributed by atoms with Crippen LogP contribution in [0.1, 0.15) is 40.0 Å². The number of ether oxygens (including phenoxy) is 2. The zero-order valence-corrected chi connectivity index (χ0v) is 31.1. The van der Waals surface area contributed by atoms with Crippen molar-refractivity contribution in [3.63, 3.8) is 0 Å². The summed E-state index contributed by atoms with van der Waals surface area (Å²) in [6.07, 6.45) is 0.0487. The molecule has 4 aromatic carbocycles. The van der Waals surface area contributed by atoms with Gasteiger partial charge in [-0.15, -0.1) is 0 Å². The van der Waals surface area contributed by atoms with Gasteiger partial charge in [0.05, 0.1) is 6.54 Å². The molecule has 4 aromatic rings. The van der Waals surface area contributed by atoms with E-state index in [1.165, 1.54) is 18.9 Å². The van der Waals surface area contributed by atoms with Gasteiger partial charge in [0, 0.05) is 43.2 Å². The van der Waals surface area contributed by atoms with E-state index in [0.717, 1.165) is 16.7 Å². The Hall–Kier alpha value is -6.25. The number of aryl methyl sites for hydroxylation is 1. The lowest BCUT2D eigenvalue weighted by Gasteiger charge is -2.30. The second-order valence-electron chi connectivity index (χ2n) is 13.3. The standard InChI is InChI=1S/C41H47N7O7/c1-24-4-7-27(8-5-24)28-9-11-29(12-10-28)40(52)45-23-36(49)48(3)37-30-13-15-35(55-19-17-43)32(22-30)31-20-26(6-14-34(31)54-18-16-42)21-33(38(44)50)47-39(51)25(2)46-41(37)53/h4-15,20,22,25,33,37H,16-19,21,23,42-43H2,1-3H3,(H2,44,50)(H,45,52)(H,46,53)(H,47,51)/t25-,33?,37?/m0/s1. The fourth-order valence-electron chi connectivity index (χ4n) is 6.18. The molecule has 0 aliphatic carbocycles. The Balaban J connectivity index is 1.49. The van der Waals surface area contributed by atoms with E-state index in [9.17, 15) is 24.0 Å². The third-order valence-corrected chi connectivity index (χ3v) is 9.22. The van der Waals surface area contributed by atoms with Crippen molar-refractivity contribution >= 4 is 29.5 Å². The lowest BCUT2D eigenvalue weighted by Crippen LogP contribution is -2.54. The van der Waals surface area contributed by atoms with Crippen molar-refractivity contribution in [2.45, 2.75) is 38.4 Å². The number of amides is 5. The molecule has 14 nitrogen and oxygen atoms in total. The van der Waals surface area contributed by atoms with E-state index in [1.54, 1.807) is 48.5 Å². The molecule has 1 aliphatic rings. The van der Waals surface area contributed by atoms with Crippen molar-refractivity contribution in [1.82, 2.24) is 20.9 Å². The molecule has 2 unspecified atom stereocenters. The minimum absolute atomic E-state index is 0.0487. The van der Waals surface area contributed by atoms with Crippen molar-refractivity contribution < 1.29 is 33.4 Å². The average Bonchev–Trinajstić information content (AvgIpc) is 3.18. The Morgan fingerprint density at radius 3 is 1.98 bits per heavy atom. The van der Waals surface area contributed by atoms with Gasteiger partial charge >= 0.3 is 0 Å². The minimum atomic E-state index is -1.29. The maximum atomic E-state index is 14.1. The number of carbonyl (C=O) groups excluding carboxylic acids is 5. The highest BCUT2D eigenvalue weighted by atomic mass is 16.5. The van der Waals surface area contributed by atoms with E-state index in [0.29, 0.717) is 39.3 Å². The Morgan fingerprint density at radius 1 is 0.800 bits per heavy atom. The quantitative estimate of drug-likeness (QED) is 0.125. The Morgan fingerprint density at radius 2 is 1.38 bits per heavy atom. The summed E-state index contributed by atoms with van der Waals surface area (Å²) in [7, 11) is 1.43. The van der Waals surface area contributed by atoms with Crippen LogP contribution >= 0.6 is 0 Å². The van der Waals surface area contributed by atoms with E-state index in [1.807, 2.05) is 43.3 Å². The molecule has 5 amide bonds. The number of hydrogen-bond acceptors (Lipinski definition) is 9. The summed E-state index contributed by atoms with van der Waals surface area (Å²) in [4.78, 5) is 68.0. The summed E-state index contributed by atoms with van der Waals surface area (Å²) in [5.41, 5.74) is 22.7. The van der Waals surface area contributed by atoms with Gasteiger partial charge in [-0.1, -0.05) is 54.1 Å². The van der Waals surface area contributed by atoms with Crippen molar-refractivity contribution in [3.05, 3.63) is 107 Å². The van der Waals surface area contributed by atoms with Gasteiger partial charge in [0.25, 0.3) is 5.91 Å². The molecule has 0 saturated carbocycles. The van der Waals surface area contributed by atoms with E-state index < -0.39 is 54.2 Å². The van der Waals surface area contributed by atoms with Crippen molar-refractivity contribution in [2.75, 3.05) is 39.9 Å². The van der Waals surface area contributed by atoms with Crippen molar-refractivity contribution in [3.8, 4) is 33.8 Å². The summed E-state index contributed by atoms with van der Waals surface area (Å²) < 4.78 is 12.0.